The van der Waals surface area contributed by atoms with Crippen molar-refractivity contribution in [2.45, 2.75) is 18.1 Å². The molecule has 0 aliphatic heterocycles. The zero-order valence-electron chi connectivity index (χ0n) is 16.3. The molecule has 2 aromatic heterocycles. The van der Waals surface area contributed by atoms with Gasteiger partial charge in [-0.3, -0.25) is 9.59 Å². The van der Waals surface area contributed by atoms with Crippen molar-refractivity contribution in [2.24, 2.45) is 0 Å². The van der Waals surface area contributed by atoms with Crippen LogP contribution in [0, 0.1) is 0 Å². The van der Waals surface area contributed by atoms with Crippen molar-refractivity contribution in [1.82, 2.24) is 25.1 Å². The number of nitrogens with zero attached hydrogens (tertiary/aromatic N) is 3. The first kappa shape index (κ1) is 21.4. The lowest BCUT2D eigenvalue weighted by Crippen LogP contribution is -2.28. The molecule has 31 heavy (non-hydrogen) atoms. The molecule has 4 aromatic rings. The molecule has 2 heterocycles. The minimum absolute atomic E-state index is 0.0779. The van der Waals surface area contributed by atoms with Crippen molar-refractivity contribution >= 4 is 51.9 Å². The van der Waals surface area contributed by atoms with Gasteiger partial charge in [0.25, 0.3) is 5.56 Å². The summed E-state index contributed by atoms with van der Waals surface area (Å²) in [6.45, 7) is 1.86. The number of nitrogens with one attached hydrogen (secondary N) is 2. The highest BCUT2D eigenvalue weighted by molar-refractivity contribution is 7.99. The van der Waals surface area contributed by atoms with Gasteiger partial charge in [0.1, 0.15) is 5.39 Å². The number of aromatic amines is 1. The van der Waals surface area contributed by atoms with Crippen molar-refractivity contribution in [3.8, 4) is 5.69 Å². The summed E-state index contributed by atoms with van der Waals surface area (Å²) in [7, 11) is 0. The van der Waals surface area contributed by atoms with E-state index in [0.717, 1.165) is 17.3 Å². The fourth-order valence-corrected chi connectivity index (χ4v) is 4.24. The lowest BCUT2D eigenvalue weighted by atomic mass is 10.1. The SMILES string of the molecule is CC(NC(=O)CSc1nc2c(cnn2-c2cccc(Cl)c2)c(=O)[nH]1)c1ccccc1Cl. The number of hydrogen-bond acceptors (Lipinski definition) is 5. The third-order valence-corrected chi connectivity index (χ3v) is 6.01. The van der Waals surface area contributed by atoms with Crippen LogP contribution in [0.3, 0.4) is 0 Å². The van der Waals surface area contributed by atoms with Gasteiger partial charge in [-0.1, -0.05) is 59.2 Å². The maximum Gasteiger partial charge on any atom is 0.262 e. The average molecular weight is 474 g/mol. The largest absolute Gasteiger partial charge is 0.349 e. The Morgan fingerprint density at radius 2 is 2.03 bits per heavy atom. The average Bonchev–Trinajstić information content (AvgIpc) is 3.17. The van der Waals surface area contributed by atoms with Crippen LogP contribution in [0.2, 0.25) is 10.0 Å². The highest BCUT2D eigenvalue weighted by Gasteiger charge is 2.15. The Morgan fingerprint density at radius 1 is 1.23 bits per heavy atom. The van der Waals surface area contributed by atoms with Crippen LogP contribution in [-0.2, 0) is 4.79 Å². The third-order valence-electron chi connectivity index (χ3n) is 4.56. The van der Waals surface area contributed by atoms with E-state index in [1.165, 1.54) is 6.20 Å². The van der Waals surface area contributed by atoms with E-state index in [1.807, 2.05) is 31.2 Å². The van der Waals surface area contributed by atoms with Crippen LogP contribution in [0.25, 0.3) is 16.7 Å². The number of halogens is 2. The summed E-state index contributed by atoms with van der Waals surface area (Å²) in [5, 5.41) is 8.97. The fraction of sp³-hybridized carbons (Fsp3) is 0.143. The Hall–Kier alpha value is -2.81. The zero-order valence-corrected chi connectivity index (χ0v) is 18.6. The summed E-state index contributed by atoms with van der Waals surface area (Å²) < 4.78 is 1.54. The van der Waals surface area contributed by atoms with E-state index in [9.17, 15) is 9.59 Å². The Kier molecular flexibility index (Phi) is 6.31. The maximum atomic E-state index is 12.5. The van der Waals surface area contributed by atoms with Crippen LogP contribution >= 0.6 is 35.0 Å². The van der Waals surface area contributed by atoms with Crippen LogP contribution in [0.15, 0.2) is 64.7 Å². The number of fused-ring (bicyclic) bond motifs is 1. The zero-order chi connectivity index (χ0) is 22.0. The normalized spacial score (nSPS) is 12.1. The summed E-state index contributed by atoms with van der Waals surface area (Å²) in [4.78, 5) is 32.0. The number of thioether (sulfide) groups is 1. The molecule has 10 heteroatoms. The van der Waals surface area contributed by atoms with Crippen molar-refractivity contribution in [3.05, 3.63) is 80.7 Å². The van der Waals surface area contributed by atoms with E-state index in [2.05, 4.69) is 20.4 Å². The standard InChI is InChI=1S/C21H17Cl2N5O2S/c1-12(15-7-2-3-8-17(15)23)25-18(29)11-31-21-26-19-16(20(30)27-21)10-24-28(19)14-6-4-5-13(22)9-14/h2-10,12H,11H2,1H3,(H,25,29)(H,26,27,30). The van der Waals surface area contributed by atoms with E-state index >= 15 is 0 Å². The molecule has 1 amide bonds. The molecule has 4 rings (SSSR count). The summed E-state index contributed by atoms with van der Waals surface area (Å²) in [6, 6.07) is 14.2. The molecule has 0 fully saturated rings. The number of rotatable bonds is 6. The van der Waals surface area contributed by atoms with Gasteiger partial charge in [-0.2, -0.15) is 5.10 Å². The smallest absolute Gasteiger partial charge is 0.262 e. The molecule has 2 aromatic carbocycles. The minimum Gasteiger partial charge on any atom is -0.349 e. The predicted octanol–water partition coefficient (Wildman–Crippen LogP) is 4.39. The second-order valence-electron chi connectivity index (χ2n) is 6.74. The number of aromatic nitrogens is 4. The molecular formula is C21H17Cl2N5O2S. The van der Waals surface area contributed by atoms with Crippen molar-refractivity contribution in [1.29, 1.82) is 0 Å². The van der Waals surface area contributed by atoms with Crippen LogP contribution in [0.1, 0.15) is 18.5 Å². The van der Waals surface area contributed by atoms with Crippen LogP contribution in [-0.4, -0.2) is 31.4 Å². The van der Waals surface area contributed by atoms with Gasteiger partial charge in [0.05, 0.1) is 23.7 Å². The third kappa shape index (κ3) is 4.76. The van der Waals surface area contributed by atoms with Gasteiger partial charge in [-0.05, 0) is 36.8 Å². The van der Waals surface area contributed by atoms with E-state index in [-0.39, 0.29) is 23.3 Å². The van der Waals surface area contributed by atoms with Crippen molar-refractivity contribution < 1.29 is 4.79 Å². The summed E-state index contributed by atoms with van der Waals surface area (Å²) in [6.07, 6.45) is 1.45. The van der Waals surface area contributed by atoms with Crippen LogP contribution in [0.5, 0.6) is 0 Å². The molecule has 7 nitrogen and oxygen atoms in total. The van der Waals surface area contributed by atoms with E-state index in [0.29, 0.717) is 31.9 Å². The molecule has 0 bridgehead atoms. The molecule has 158 valence electrons. The van der Waals surface area contributed by atoms with Crippen LogP contribution in [0.4, 0.5) is 0 Å². The van der Waals surface area contributed by atoms with Gasteiger partial charge in [0.15, 0.2) is 10.8 Å². The highest BCUT2D eigenvalue weighted by atomic mass is 35.5. The summed E-state index contributed by atoms with van der Waals surface area (Å²) in [5.74, 6) is -0.127. The number of H-pyrrole nitrogens is 1. The summed E-state index contributed by atoms with van der Waals surface area (Å²) in [5.41, 5.74) is 1.58. The van der Waals surface area contributed by atoms with Gasteiger partial charge < -0.3 is 10.3 Å². The molecule has 1 atom stereocenters. The first-order chi connectivity index (χ1) is 14.9. The Balaban J connectivity index is 1.51. The molecule has 1 unspecified atom stereocenters. The highest BCUT2D eigenvalue weighted by Crippen LogP contribution is 2.23. The number of benzene rings is 2. The van der Waals surface area contributed by atoms with Gasteiger partial charge in [0.2, 0.25) is 5.91 Å². The molecule has 0 aliphatic carbocycles. The predicted molar refractivity (Wildman–Crippen MR) is 123 cm³/mol. The fourth-order valence-electron chi connectivity index (χ4n) is 3.08. The lowest BCUT2D eigenvalue weighted by Gasteiger charge is -2.15. The van der Waals surface area contributed by atoms with Crippen molar-refractivity contribution in [3.63, 3.8) is 0 Å². The molecular weight excluding hydrogens is 457 g/mol. The topological polar surface area (TPSA) is 92.7 Å². The quantitative estimate of drug-likeness (QED) is 0.320. The van der Waals surface area contributed by atoms with Gasteiger partial charge in [-0.25, -0.2) is 9.67 Å². The van der Waals surface area contributed by atoms with E-state index in [1.54, 1.807) is 28.9 Å². The number of hydrogen-bond donors (Lipinski definition) is 2. The van der Waals surface area contributed by atoms with Gasteiger partial charge in [-0.15, -0.1) is 0 Å². The molecule has 0 saturated carbocycles. The van der Waals surface area contributed by atoms with Gasteiger partial charge >= 0.3 is 0 Å². The molecule has 0 radical (unpaired) electrons. The molecule has 0 spiro atoms. The Morgan fingerprint density at radius 3 is 2.81 bits per heavy atom. The number of carbonyl (C=O) groups excluding carboxylic acids is 1. The second kappa shape index (κ2) is 9.13. The van der Waals surface area contributed by atoms with E-state index < -0.39 is 0 Å². The Bertz CT molecular complexity index is 1320. The van der Waals surface area contributed by atoms with Crippen molar-refractivity contribution in [2.75, 3.05) is 5.75 Å². The first-order valence-electron chi connectivity index (χ1n) is 9.33. The maximum absolute atomic E-state index is 12.5. The second-order valence-corrected chi connectivity index (χ2v) is 8.55. The first-order valence-corrected chi connectivity index (χ1v) is 11.1. The number of carbonyl (C=O) groups is 1. The molecule has 2 N–H and O–H groups in total. The summed E-state index contributed by atoms with van der Waals surface area (Å²) >= 11 is 13.4. The van der Waals surface area contributed by atoms with E-state index in [4.69, 9.17) is 23.2 Å². The number of amides is 1. The monoisotopic (exact) mass is 473 g/mol. The van der Waals surface area contributed by atoms with Crippen LogP contribution < -0.4 is 10.9 Å². The molecule has 0 saturated heterocycles. The Labute approximate surface area is 191 Å². The molecule has 0 aliphatic rings. The van der Waals surface area contributed by atoms with Gasteiger partial charge in [0, 0.05) is 10.0 Å². The lowest BCUT2D eigenvalue weighted by molar-refractivity contribution is -0.119. The minimum atomic E-state index is -0.328.